The van der Waals surface area contributed by atoms with Crippen molar-refractivity contribution in [3.8, 4) is 0 Å². The summed E-state index contributed by atoms with van der Waals surface area (Å²) in [6.07, 6.45) is 1.21. The Morgan fingerprint density at radius 3 is 2.29 bits per heavy atom. The van der Waals surface area contributed by atoms with Gasteiger partial charge in [-0.25, -0.2) is 9.59 Å². The highest BCUT2D eigenvalue weighted by Gasteiger charge is 2.31. The van der Waals surface area contributed by atoms with E-state index in [0.29, 0.717) is 31.3 Å². The molecule has 1 aliphatic heterocycles. The van der Waals surface area contributed by atoms with Crippen LogP contribution in [0.25, 0.3) is 0 Å². The van der Waals surface area contributed by atoms with Gasteiger partial charge in [0.1, 0.15) is 6.04 Å². The van der Waals surface area contributed by atoms with Crippen molar-refractivity contribution >= 4 is 12.0 Å². The second kappa shape index (κ2) is 5.89. The van der Waals surface area contributed by atoms with Crippen molar-refractivity contribution in [1.29, 1.82) is 0 Å². The molecule has 1 saturated heterocycles. The molecule has 1 fully saturated rings. The average molecular weight is 242 g/mol. The normalized spacial score (nSPS) is 25.7. The number of carboxylic acid groups (broad SMARTS) is 1. The van der Waals surface area contributed by atoms with E-state index in [4.69, 9.17) is 5.11 Å². The Bertz CT molecular complexity index is 283. The summed E-state index contributed by atoms with van der Waals surface area (Å²) < 4.78 is 0. The lowest BCUT2D eigenvalue weighted by Gasteiger charge is -2.20. The molecule has 0 aromatic carbocycles. The first-order chi connectivity index (χ1) is 7.95. The third-order valence-electron chi connectivity index (χ3n) is 3.45. The molecule has 0 aliphatic carbocycles. The second-order valence-electron chi connectivity index (χ2n) is 4.99. The quantitative estimate of drug-likeness (QED) is 0.785. The summed E-state index contributed by atoms with van der Waals surface area (Å²) in [5, 5.41) is 11.6. The molecule has 0 radical (unpaired) electrons. The fourth-order valence-electron chi connectivity index (χ4n) is 2.08. The molecule has 17 heavy (non-hydrogen) atoms. The van der Waals surface area contributed by atoms with Gasteiger partial charge in [-0.2, -0.15) is 0 Å². The van der Waals surface area contributed by atoms with Gasteiger partial charge in [-0.15, -0.1) is 0 Å². The van der Waals surface area contributed by atoms with Crippen LogP contribution in [0.15, 0.2) is 0 Å². The number of likely N-dealkylation sites (tertiary alicyclic amines) is 1. The molecule has 0 aromatic heterocycles. The highest BCUT2D eigenvalue weighted by atomic mass is 16.4. The van der Waals surface area contributed by atoms with Gasteiger partial charge >= 0.3 is 12.0 Å². The van der Waals surface area contributed by atoms with Crippen molar-refractivity contribution in [3.63, 3.8) is 0 Å². The molecule has 0 aromatic rings. The van der Waals surface area contributed by atoms with Crippen LogP contribution >= 0.6 is 0 Å². The zero-order chi connectivity index (χ0) is 13.0. The lowest BCUT2D eigenvalue weighted by Crippen LogP contribution is -2.47. The number of rotatable bonds is 4. The van der Waals surface area contributed by atoms with E-state index in [1.807, 2.05) is 6.92 Å². The van der Waals surface area contributed by atoms with Crippen molar-refractivity contribution in [1.82, 2.24) is 10.2 Å². The summed E-state index contributed by atoms with van der Waals surface area (Å²) in [6, 6.07) is -1.01. The van der Waals surface area contributed by atoms with Crippen LogP contribution in [0.2, 0.25) is 0 Å². The zero-order valence-corrected chi connectivity index (χ0v) is 10.8. The van der Waals surface area contributed by atoms with Crippen molar-refractivity contribution < 1.29 is 14.7 Å². The SMILES string of the molecule is CCCC(NC(=O)N1CC(C)C(C)C1)C(=O)O. The molecular weight excluding hydrogens is 220 g/mol. The number of amides is 2. The molecule has 0 bridgehead atoms. The maximum atomic E-state index is 11.9. The average Bonchev–Trinajstić information content (AvgIpc) is 2.58. The van der Waals surface area contributed by atoms with Crippen molar-refractivity contribution in [3.05, 3.63) is 0 Å². The molecule has 3 unspecified atom stereocenters. The van der Waals surface area contributed by atoms with Gasteiger partial charge in [0.15, 0.2) is 0 Å². The molecular formula is C12H22N2O3. The number of nitrogens with zero attached hydrogens (tertiary/aromatic N) is 1. The molecule has 2 amide bonds. The highest BCUT2D eigenvalue weighted by Crippen LogP contribution is 2.21. The molecule has 5 nitrogen and oxygen atoms in total. The van der Waals surface area contributed by atoms with Crippen LogP contribution in [0.5, 0.6) is 0 Å². The number of aliphatic carboxylic acids is 1. The highest BCUT2D eigenvalue weighted by molar-refractivity contribution is 5.82. The van der Waals surface area contributed by atoms with Crippen molar-refractivity contribution in [2.24, 2.45) is 11.8 Å². The Morgan fingerprint density at radius 2 is 1.88 bits per heavy atom. The summed E-state index contributed by atoms with van der Waals surface area (Å²) in [6.45, 7) is 7.55. The van der Waals surface area contributed by atoms with Crippen LogP contribution in [0, 0.1) is 11.8 Å². The molecule has 98 valence electrons. The number of urea groups is 1. The zero-order valence-electron chi connectivity index (χ0n) is 10.8. The largest absolute Gasteiger partial charge is 0.480 e. The van der Waals surface area contributed by atoms with Crippen molar-refractivity contribution in [2.75, 3.05) is 13.1 Å². The Hall–Kier alpha value is -1.26. The minimum absolute atomic E-state index is 0.248. The lowest BCUT2D eigenvalue weighted by atomic mass is 10.0. The molecule has 5 heteroatoms. The van der Waals surface area contributed by atoms with E-state index in [1.165, 1.54) is 0 Å². The van der Waals surface area contributed by atoms with Crippen molar-refractivity contribution in [2.45, 2.75) is 39.7 Å². The first kappa shape index (κ1) is 13.8. The summed E-state index contributed by atoms with van der Waals surface area (Å²) >= 11 is 0. The first-order valence-electron chi connectivity index (χ1n) is 6.24. The fraction of sp³-hybridized carbons (Fsp3) is 0.833. The van der Waals surface area contributed by atoms with Gasteiger partial charge < -0.3 is 15.3 Å². The van der Waals surface area contributed by atoms with Crippen LogP contribution in [0.4, 0.5) is 4.79 Å². The van der Waals surface area contributed by atoms with Crippen LogP contribution in [0.1, 0.15) is 33.6 Å². The van der Waals surface area contributed by atoms with E-state index < -0.39 is 12.0 Å². The molecule has 1 rings (SSSR count). The third-order valence-corrected chi connectivity index (χ3v) is 3.45. The smallest absolute Gasteiger partial charge is 0.326 e. The molecule has 2 N–H and O–H groups in total. The Labute approximate surface area is 102 Å². The predicted octanol–water partition coefficient (Wildman–Crippen LogP) is 1.54. The number of nitrogens with one attached hydrogen (secondary N) is 1. The van der Waals surface area contributed by atoms with Crippen LogP contribution < -0.4 is 5.32 Å². The molecule has 3 atom stereocenters. The van der Waals surface area contributed by atoms with Gasteiger partial charge in [-0.05, 0) is 18.3 Å². The van der Waals surface area contributed by atoms with E-state index in [0.717, 1.165) is 6.42 Å². The maximum Gasteiger partial charge on any atom is 0.326 e. The summed E-state index contributed by atoms with van der Waals surface area (Å²) in [7, 11) is 0. The summed E-state index contributed by atoms with van der Waals surface area (Å²) in [5.74, 6) is 0.00546. The monoisotopic (exact) mass is 242 g/mol. The standard InChI is InChI=1S/C12H22N2O3/c1-4-5-10(11(15)16)13-12(17)14-6-8(2)9(3)7-14/h8-10H,4-7H2,1-3H3,(H,13,17)(H,15,16). The maximum absolute atomic E-state index is 11.9. The summed E-state index contributed by atoms with van der Waals surface area (Å²) in [5.41, 5.74) is 0. The van der Waals surface area contributed by atoms with Gasteiger partial charge in [0.05, 0.1) is 0 Å². The van der Waals surface area contributed by atoms with Gasteiger partial charge in [0.2, 0.25) is 0 Å². The number of hydrogen-bond donors (Lipinski definition) is 2. The predicted molar refractivity (Wildman–Crippen MR) is 64.8 cm³/mol. The Balaban J connectivity index is 2.50. The van der Waals surface area contributed by atoms with Gasteiger partial charge in [0, 0.05) is 13.1 Å². The Kier molecular flexibility index (Phi) is 4.78. The molecule has 1 aliphatic rings. The third kappa shape index (κ3) is 3.61. The summed E-state index contributed by atoms with van der Waals surface area (Å²) in [4.78, 5) is 24.5. The van der Waals surface area contributed by atoms with Crippen LogP contribution in [-0.2, 0) is 4.79 Å². The van der Waals surface area contributed by atoms with E-state index in [1.54, 1.807) is 4.90 Å². The van der Waals surface area contributed by atoms with E-state index in [2.05, 4.69) is 19.2 Å². The topological polar surface area (TPSA) is 69.6 Å². The van der Waals surface area contributed by atoms with E-state index >= 15 is 0 Å². The number of carbonyl (C=O) groups is 2. The minimum Gasteiger partial charge on any atom is -0.480 e. The molecule has 0 spiro atoms. The van der Waals surface area contributed by atoms with Crippen LogP contribution in [0.3, 0.4) is 0 Å². The van der Waals surface area contributed by atoms with Gasteiger partial charge in [0.25, 0.3) is 0 Å². The van der Waals surface area contributed by atoms with E-state index in [-0.39, 0.29) is 6.03 Å². The van der Waals surface area contributed by atoms with Gasteiger partial charge in [-0.3, -0.25) is 0 Å². The van der Waals surface area contributed by atoms with Gasteiger partial charge in [-0.1, -0.05) is 27.2 Å². The van der Waals surface area contributed by atoms with E-state index in [9.17, 15) is 9.59 Å². The number of carbonyl (C=O) groups excluding carboxylic acids is 1. The Morgan fingerprint density at radius 1 is 1.35 bits per heavy atom. The minimum atomic E-state index is -0.958. The first-order valence-corrected chi connectivity index (χ1v) is 6.24. The fourth-order valence-corrected chi connectivity index (χ4v) is 2.08. The number of hydrogen-bond acceptors (Lipinski definition) is 2. The van der Waals surface area contributed by atoms with Crippen LogP contribution in [-0.4, -0.2) is 41.1 Å². The second-order valence-corrected chi connectivity index (χ2v) is 4.99. The molecule has 0 saturated carbocycles. The lowest BCUT2D eigenvalue weighted by molar-refractivity contribution is -0.139. The number of carboxylic acids is 1. The molecule has 1 heterocycles.